The predicted molar refractivity (Wildman–Crippen MR) is 134 cm³/mol. The first-order valence-corrected chi connectivity index (χ1v) is 13.4. The summed E-state index contributed by atoms with van der Waals surface area (Å²) >= 11 is 0. The summed E-state index contributed by atoms with van der Waals surface area (Å²) in [5.74, 6) is -0.389. The van der Waals surface area contributed by atoms with Crippen LogP contribution in [0.5, 0.6) is 0 Å². The highest BCUT2D eigenvalue weighted by Gasteiger charge is 2.74. The molecule has 5 aliphatic rings. The second-order valence-corrected chi connectivity index (χ2v) is 12.0. The molecule has 0 N–H and O–H groups in total. The van der Waals surface area contributed by atoms with Crippen LogP contribution in [0.2, 0.25) is 0 Å². The monoisotopic (exact) mass is 514 g/mol. The van der Waals surface area contributed by atoms with Crippen molar-refractivity contribution in [1.82, 2.24) is 0 Å². The van der Waals surface area contributed by atoms with Crippen LogP contribution >= 0.6 is 0 Å². The van der Waals surface area contributed by atoms with Crippen molar-refractivity contribution in [2.75, 3.05) is 7.11 Å². The molecule has 4 aliphatic carbocycles. The molecule has 1 aliphatic heterocycles. The van der Waals surface area contributed by atoms with E-state index >= 15 is 0 Å². The molecular formula is C28H38N2O7. The molecule has 9 nitrogen and oxygen atoms in total. The summed E-state index contributed by atoms with van der Waals surface area (Å²) in [7, 11) is 1.35. The van der Waals surface area contributed by atoms with Crippen LogP contribution < -0.4 is 0 Å². The Morgan fingerprint density at radius 2 is 1.84 bits per heavy atom. The van der Waals surface area contributed by atoms with Gasteiger partial charge in [0.05, 0.1) is 13.0 Å². The summed E-state index contributed by atoms with van der Waals surface area (Å²) in [6.45, 7) is 9.22. The van der Waals surface area contributed by atoms with E-state index in [1.807, 2.05) is 6.92 Å². The van der Waals surface area contributed by atoms with Crippen molar-refractivity contribution in [3.63, 3.8) is 0 Å². The van der Waals surface area contributed by atoms with E-state index in [9.17, 15) is 14.4 Å². The molecule has 5 rings (SSSR count). The summed E-state index contributed by atoms with van der Waals surface area (Å²) in [5.41, 5.74) is 0.962. The Hall–Kier alpha value is -2.71. The van der Waals surface area contributed by atoms with Crippen LogP contribution in [0.3, 0.4) is 0 Å². The molecular weight excluding hydrogens is 476 g/mol. The standard InChI is InChI=1S/C28H38N2O7/c1-15(29-36-17(3)32)28-23(24(30-37-28)25(33)34-6)14-22-20-8-7-18-13-19(35-16(2)31)9-11-26(18,4)21(20)10-12-27(22,28)5/h7,19-23H,8-14H2,1-6H3/t19-,20-,21+,22+,23-,26-,27+,28-/m0/s1. The van der Waals surface area contributed by atoms with E-state index in [0.717, 1.165) is 44.9 Å². The third kappa shape index (κ3) is 3.67. The van der Waals surface area contributed by atoms with Gasteiger partial charge in [-0.05, 0) is 68.6 Å². The predicted octanol–water partition coefficient (Wildman–Crippen LogP) is 4.34. The second-order valence-electron chi connectivity index (χ2n) is 12.0. The Morgan fingerprint density at radius 1 is 1.08 bits per heavy atom. The summed E-state index contributed by atoms with van der Waals surface area (Å²) in [6.07, 6.45) is 8.59. The van der Waals surface area contributed by atoms with Crippen LogP contribution in [-0.4, -0.2) is 48.1 Å². The summed E-state index contributed by atoms with van der Waals surface area (Å²) < 4.78 is 10.6. The van der Waals surface area contributed by atoms with Crippen molar-refractivity contribution >= 4 is 29.3 Å². The third-order valence-electron chi connectivity index (χ3n) is 10.5. The maximum Gasteiger partial charge on any atom is 0.356 e. The lowest BCUT2D eigenvalue weighted by Crippen LogP contribution is -2.59. The minimum absolute atomic E-state index is 0.0382. The fourth-order valence-electron chi connectivity index (χ4n) is 8.87. The van der Waals surface area contributed by atoms with Gasteiger partial charge in [0.15, 0.2) is 11.3 Å². The van der Waals surface area contributed by atoms with E-state index in [1.54, 1.807) is 0 Å². The third-order valence-corrected chi connectivity index (χ3v) is 10.5. The Bertz CT molecular complexity index is 1110. The Morgan fingerprint density at radius 3 is 2.51 bits per heavy atom. The van der Waals surface area contributed by atoms with Crippen LogP contribution in [-0.2, 0) is 33.5 Å². The van der Waals surface area contributed by atoms with Gasteiger partial charge in [0.1, 0.15) is 11.8 Å². The number of ether oxygens (including phenoxy) is 2. The van der Waals surface area contributed by atoms with Gasteiger partial charge >= 0.3 is 17.9 Å². The highest BCUT2D eigenvalue weighted by atomic mass is 16.7. The van der Waals surface area contributed by atoms with Gasteiger partial charge in [0, 0.05) is 25.7 Å². The van der Waals surface area contributed by atoms with E-state index in [1.165, 1.54) is 26.5 Å². The number of rotatable bonds is 4. The number of fused-ring (bicyclic) bond motifs is 7. The lowest BCUT2D eigenvalue weighted by molar-refractivity contribution is -0.149. The molecule has 0 amide bonds. The average Bonchev–Trinajstić information content (AvgIpc) is 3.35. The number of methoxy groups -OCH3 is 1. The van der Waals surface area contributed by atoms with Crippen LogP contribution in [0.25, 0.3) is 0 Å². The van der Waals surface area contributed by atoms with E-state index < -0.39 is 17.5 Å². The van der Waals surface area contributed by atoms with Gasteiger partial charge < -0.3 is 19.1 Å². The van der Waals surface area contributed by atoms with Crippen molar-refractivity contribution in [1.29, 1.82) is 0 Å². The van der Waals surface area contributed by atoms with Gasteiger partial charge in [-0.3, -0.25) is 4.79 Å². The molecule has 0 spiro atoms. The highest BCUT2D eigenvalue weighted by molar-refractivity contribution is 6.38. The lowest BCUT2D eigenvalue weighted by atomic mass is 9.46. The largest absolute Gasteiger partial charge is 0.464 e. The van der Waals surface area contributed by atoms with Crippen LogP contribution in [0.15, 0.2) is 22.0 Å². The fraction of sp³-hybridized carbons (Fsp3) is 0.750. The van der Waals surface area contributed by atoms with Crippen LogP contribution in [0, 0.1) is 34.5 Å². The van der Waals surface area contributed by atoms with Gasteiger partial charge in [-0.1, -0.05) is 35.8 Å². The first kappa shape index (κ1) is 25.9. The maximum absolute atomic E-state index is 12.7. The normalized spacial score (nSPS) is 42.1. The Kier molecular flexibility index (Phi) is 6.27. The molecule has 3 fully saturated rings. The molecule has 0 unspecified atom stereocenters. The van der Waals surface area contributed by atoms with Gasteiger partial charge in [-0.15, -0.1) is 0 Å². The number of oxime groups is 2. The van der Waals surface area contributed by atoms with Gasteiger partial charge in [-0.25, -0.2) is 9.59 Å². The van der Waals surface area contributed by atoms with E-state index in [-0.39, 0.29) is 40.5 Å². The molecule has 0 aromatic carbocycles. The number of allylic oxidation sites excluding steroid dienone is 1. The lowest BCUT2D eigenvalue weighted by Gasteiger charge is -2.58. The Labute approximate surface area is 218 Å². The number of nitrogens with zero attached hydrogens (tertiary/aromatic N) is 2. The molecule has 8 atom stereocenters. The molecule has 9 heteroatoms. The number of carbonyl (C=O) groups is 3. The van der Waals surface area contributed by atoms with Crippen LogP contribution in [0.1, 0.15) is 79.6 Å². The molecule has 0 aromatic heterocycles. The number of hydrogen-bond acceptors (Lipinski definition) is 9. The van der Waals surface area contributed by atoms with E-state index in [2.05, 4.69) is 30.2 Å². The molecule has 202 valence electrons. The van der Waals surface area contributed by atoms with E-state index in [0.29, 0.717) is 17.5 Å². The molecule has 3 saturated carbocycles. The number of hydrogen-bond donors (Lipinski definition) is 0. The molecule has 0 radical (unpaired) electrons. The van der Waals surface area contributed by atoms with Crippen molar-refractivity contribution in [2.45, 2.75) is 91.3 Å². The SMILES string of the molecule is COC(=O)C1=NO[C@@]2(C(C)=NOC(C)=O)[C@H]1C[C@@H]1[C@H]3CC=C4C[C@@H](OC(C)=O)CC[C@]4(C)[C@@H]3CC[C@]12C. The quantitative estimate of drug-likeness (QED) is 0.180. The molecule has 0 saturated heterocycles. The first-order chi connectivity index (χ1) is 17.5. The summed E-state index contributed by atoms with van der Waals surface area (Å²) in [5, 5.41) is 8.40. The Balaban J connectivity index is 1.51. The number of carbonyl (C=O) groups excluding carboxylic acids is 3. The minimum Gasteiger partial charge on any atom is -0.464 e. The van der Waals surface area contributed by atoms with Gasteiger partial charge in [-0.2, -0.15) is 0 Å². The average molecular weight is 515 g/mol. The molecule has 0 bridgehead atoms. The van der Waals surface area contributed by atoms with Gasteiger partial charge in [0.25, 0.3) is 0 Å². The first-order valence-electron chi connectivity index (χ1n) is 13.4. The van der Waals surface area contributed by atoms with E-state index in [4.69, 9.17) is 19.1 Å². The molecule has 1 heterocycles. The minimum atomic E-state index is -0.973. The number of esters is 2. The summed E-state index contributed by atoms with van der Waals surface area (Å²) in [6, 6.07) is 0. The zero-order valence-corrected chi connectivity index (χ0v) is 22.7. The summed E-state index contributed by atoms with van der Waals surface area (Å²) in [4.78, 5) is 47.1. The maximum atomic E-state index is 12.7. The zero-order chi connectivity index (χ0) is 26.8. The van der Waals surface area contributed by atoms with Gasteiger partial charge in [0.2, 0.25) is 0 Å². The smallest absolute Gasteiger partial charge is 0.356 e. The molecule has 37 heavy (non-hydrogen) atoms. The van der Waals surface area contributed by atoms with Crippen molar-refractivity contribution < 1.29 is 33.5 Å². The van der Waals surface area contributed by atoms with Crippen LogP contribution in [0.4, 0.5) is 0 Å². The topological polar surface area (TPSA) is 113 Å². The van der Waals surface area contributed by atoms with Crippen molar-refractivity contribution in [3.05, 3.63) is 11.6 Å². The van der Waals surface area contributed by atoms with Crippen molar-refractivity contribution in [3.8, 4) is 0 Å². The molecule has 0 aromatic rings. The second kappa shape index (κ2) is 8.95. The highest BCUT2D eigenvalue weighted by Crippen LogP contribution is 2.70. The fourth-order valence-corrected chi connectivity index (χ4v) is 8.87. The van der Waals surface area contributed by atoms with Crippen molar-refractivity contribution in [2.24, 2.45) is 44.8 Å². The zero-order valence-electron chi connectivity index (χ0n) is 22.7.